The maximum atomic E-state index is 5.68. The van der Waals surface area contributed by atoms with E-state index in [0.717, 1.165) is 11.4 Å². The molecule has 2 aromatic heterocycles. The van der Waals surface area contributed by atoms with E-state index in [1.807, 2.05) is 23.1 Å². The summed E-state index contributed by atoms with van der Waals surface area (Å²) in [5, 5.41) is 0. The Bertz CT molecular complexity index is 503. The van der Waals surface area contributed by atoms with Crippen molar-refractivity contribution in [1.82, 2.24) is 15.4 Å². The number of rotatable bonds is 3. The molecule has 1 unspecified atom stereocenters. The maximum Gasteiger partial charge on any atom is 0.0988 e. The second kappa shape index (κ2) is 5.36. The third kappa shape index (κ3) is 2.29. The summed E-state index contributed by atoms with van der Waals surface area (Å²) < 4.78 is 0. The number of aryl methyl sites for hydroxylation is 1. The lowest BCUT2D eigenvalue weighted by molar-refractivity contribution is 0.626. The first-order chi connectivity index (χ1) is 8.88. The van der Waals surface area contributed by atoms with E-state index in [1.54, 1.807) is 18.6 Å². The first-order valence-corrected chi connectivity index (χ1v) is 7.77. The third-order valence-corrected chi connectivity index (χ3v) is 5.29. The number of hydrogen-bond acceptors (Lipinski definition) is 6. The molecule has 0 bridgehead atoms. The summed E-state index contributed by atoms with van der Waals surface area (Å²) in [6.07, 6.45) is 6.30. The van der Waals surface area contributed by atoms with Gasteiger partial charge in [0.25, 0.3) is 0 Å². The van der Waals surface area contributed by atoms with Crippen molar-refractivity contribution in [3.8, 4) is 0 Å². The standard InChI is InChI=1S/C12H14N4S2/c13-16-12(9-6-14-2-3-15-9)11-5-8-7-17-4-1-10(8)18-11/h2-3,5-6,12,16H,1,4,7,13H2. The fourth-order valence-electron chi connectivity index (χ4n) is 2.09. The first-order valence-electron chi connectivity index (χ1n) is 5.79. The van der Waals surface area contributed by atoms with Gasteiger partial charge in [0, 0.05) is 27.9 Å². The van der Waals surface area contributed by atoms with Gasteiger partial charge in [0.2, 0.25) is 0 Å². The molecule has 1 aliphatic rings. The molecule has 2 aromatic rings. The average Bonchev–Trinajstić information content (AvgIpc) is 2.84. The molecule has 0 radical (unpaired) electrons. The van der Waals surface area contributed by atoms with Gasteiger partial charge in [0.05, 0.1) is 17.9 Å². The molecule has 6 heteroatoms. The van der Waals surface area contributed by atoms with Crippen molar-refractivity contribution in [2.75, 3.05) is 5.75 Å². The molecule has 0 saturated heterocycles. The summed E-state index contributed by atoms with van der Waals surface area (Å²) in [4.78, 5) is 11.2. The predicted molar refractivity (Wildman–Crippen MR) is 75.4 cm³/mol. The van der Waals surface area contributed by atoms with Crippen LogP contribution in [0.25, 0.3) is 0 Å². The van der Waals surface area contributed by atoms with Gasteiger partial charge in [-0.3, -0.25) is 15.8 Å². The first kappa shape index (κ1) is 12.1. The molecular weight excluding hydrogens is 264 g/mol. The topological polar surface area (TPSA) is 63.8 Å². The lowest BCUT2D eigenvalue weighted by Crippen LogP contribution is -2.28. The Morgan fingerprint density at radius 2 is 2.33 bits per heavy atom. The van der Waals surface area contributed by atoms with Crippen LogP contribution in [0.1, 0.15) is 27.1 Å². The second-order valence-electron chi connectivity index (χ2n) is 4.13. The van der Waals surface area contributed by atoms with Crippen molar-refractivity contribution < 1.29 is 0 Å². The molecule has 0 amide bonds. The molecule has 0 aromatic carbocycles. The van der Waals surface area contributed by atoms with E-state index < -0.39 is 0 Å². The van der Waals surface area contributed by atoms with E-state index in [9.17, 15) is 0 Å². The quantitative estimate of drug-likeness (QED) is 0.663. The van der Waals surface area contributed by atoms with Gasteiger partial charge in [-0.15, -0.1) is 11.3 Å². The molecule has 1 aliphatic heterocycles. The van der Waals surface area contributed by atoms with E-state index in [0.29, 0.717) is 0 Å². The van der Waals surface area contributed by atoms with Gasteiger partial charge in [0.1, 0.15) is 0 Å². The summed E-state index contributed by atoms with van der Waals surface area (Å²) in [5.74, 6) is 8.01. The Morgan fingerprint density at radius 3 is 3.06 bits per heavy atom. The zero-order chi connectivity index (χ0) is 12.4. The SMILES string of the molecule is NNC(c1cnccn1)c1cc2c(s1)CCSC2. The van der Waals surface area contributed by atoms with Crippen molar-refractivity contribution >= 4 is 23.1 Å². The highest BCUT2D eigenvalue weighted by Gasteiger charge is 2.20. The molecule has 3 heterocycles. The molecule has 3 N–H and O–H groups in total. The summed E-state index contributed by atoms with van der Waals surface area (Å²) in [6.45, 7) is 0. The number of fused-ring (bicyclic) bond motifs is 1. The van der Waals surface area contributed by atoms with Crippen molar-refractivity contribution in [2.45, 2.75) is 18.2 Å². The Kier molecular flexibility index (Phi) is 3.60. The summed E-state index contributed by atoms with van der Waals surface area (Å²) in [6, 6.07) is 2.20. The normalized spacial score (nSPS) is 16.3. The fourth-order valence-corrected chi connectivity index (χ4v) is 4.53. The second-order valence-corrected chi connectivity index (χ2v) is 6.40. The van der Waals surface area contributed by atoms with Crippen LogP contribution in [-0.2, 0) is 12.2 Å². The van der Waals surface area contributed by atoms with Crippen molar-refractivity contribution in [3.63, 3.8) is 0 Å². The van der Waals surface area contributed by atoms with Gasteiger partial charge in [-0.1, -0.05) is 0 Å². The molecular formula is C12H14N4S2. The maximum absolute atomic E-state index is 5.68. The number of nitrogens with zero attached hydrogens (tertiary/aromatic N) is 2. The van der Waals surface area contributed by atoms with Crippen LogP contribution < -0.4 is 11.3 Å². The number of thiophene rings is 1. The number of nitrogens with one attached hydrogen (secondary N) is 1. The fraction of sp³-hybridized carbons (Fsp3) is 0.333. The van der Waals surface area contributed by atoms with Crippen LogP contribution >= 0.6 is 23.1 Å². The smallest absolute Gasteiger partial charge is 0.0988 e. The lowest BCUT2D eigenvalue weighted by Gasteiger charge is -2.12. The summed E-state index contributed by atoms with van der Waals surface area (Å²) in [7, 11) is 0. The molecule has 1 atom stereocenters. The Hall–Kier alpha value is -0.950. The van der Waals surface area contributed by atoms with E-state index >= 15 is 0 Å². The number of nitrogens with two attached hydrogens (primary N) is 1. The molecule has 4 nitrogen and oxygen atoms in total. The van der Waals surface area contributed by atoms with Gasteiger partial charge >= 0.3 is 0 Å². The van der Waals surface area contributed by atoms with Crippen molar-refractivity contribution in [3.05, 3.63) is 45.7 Å². The molecule has 94 valence electrons. The van der Waals surface area contributed by atoms with Gasteiger partial charge < -0.3 is 0 Å². The highest BCUT2D eigenvalue weighted by molar-refractivity contribution is 7.98. The van der Waals surface area contributed by atoms with E-state index in [-0.39, 0.29) is 6.04 Å². The van der Waals surface area contributed by atoms with Crippen LogP contribution in [0.15, 0.2) is 24.7 Å². The zero-order valence-electron chi connectivity index (χ0n) is 9.80. The third-order valence-electron chi connectivity index (χ3n) is 2.98. The number of aromatic nitrogens is 2. The highest BCUT2D eigenvalue weighted by atomic mass is 32.2. The number of hydrogen-bond donors (Lipinski definition) is 2. The minimum absolute atomic E-state index is 0.0562. The van der Waals surface area contributed by atoms with E-state index in [2.05, 4.69) is 21.5 Å². The number of thioether (sulfide) groups is 1. The molecule has 3 rings (SSSR count). The van der Waals surface area contributed by atoms with Crippen LogP contribution in [0.3, 0.4) is 0 Å². The van der Waals surface area contributed by atoms with Gasteiger partial charge in [-0.25, -0.2) is 5.43 Å². The van der Waals surface area contributed by atoms with E-state index in [4.69, 9.17) is 5.84 Å². The highest BCUT2D eigenvalue weighted by Crippen LogP contribution is 2.35. The Morgan fingerprint density at radius 1 is 1.39 bits per heavy atom. The summed E-state index contributed by atoms with van der Waals surface area (Å²) >= 11 is 3.83. The summed E-state index contributed by atoms with van der Waals surface area (Å²) in [5.41, 5.74) is 5.17. The van der Waals surface area contributed by atoms with Crippen LogP contribution in [0.4, 0.5) is 0 Å². The lowest BCUT2D eigenvalue weighted by atomic mass is 10.1. The van der Waals surface area contributed by atoms with Gasteiger partial charge in [-0.2, -0.15) is 11.8 Å². The molecule has 18 heavy (non-hydrogen) atoms. The average molecular weight is 278 g/mol. The Labute approximate surface area is 114 Å². The predicted octanol–water partition coefficient (Wildman–Crippen LogP) is 1.88. The minimum Gasteiger partial charge on any atom is -0.270 e. The molecule has 0 spiro atoms. The van der Waals surface area contributed by atoms with Crippen LogP contribution in [0, 0.1) is 0 Å². The van der Waals surface area contributed by atoms with Crippen LogP contribution in [0.5, 0.6) is 0 Å². The van der Waals surface area contributed by atoms with Crippen molar-refractivity contribution in [1.29, 1.82) is 0 Å². The van der Waals surface area contributed by atoms with E-state index in [1.165, 1.54) is 27.5 Å². The van der Waals surface area contributed by atoms with Crippen LogP contribution in [0.2, 0.25) is 0 Å². The zero-order valence-corrected chi connectivity index (χ0v) is 11.4. The Balaban J connectivity index is 1.94. The monoisotopic (exact) mass is 278 g/mol. The van der Waals surface area contributed by atoms with Gasteiger partial charge in [-0.05, 0) is 23.8 Å². The molecule has 0 fully saturated rings. The minimum atomic E-state index is -0.0562. The molecule has 0 saturated carbocycles. The largest absolute Gasteiger partial charge is 0.270 e. The molecule has 0 aliphatic carbocycles. The van der Waals surface area contributed by atoms with Crippen molar-refractivity contribution in [2.24, 2.45) is 5.84 Å². The number of hydrazine groups is 1. The van der Waals surface area contributed by atoms with Crippen LogP contribution in [-0.4, -0.2) is 15.7 Å². The van der Waals surface area contributed by atoms with Gasteiger partial charge in [0.15, 0.2) is 0 Å².